The number of benzene rings is 1. The SMILES string of the molecule is N#CC(=Cc1ccsc1)c1cccc([N+](=O)[O-])c1. The smallest absolute Gasteiger partial charge is 0.258 e. The molecule has 5 heteroatoms. The van der Waals surface area contributed by atoms with Crippen molar-refractivity contribution >= 4 is 28.7 Å². The second-order valence-corrected chi connectivity index (χ2v) is 4.31. The first kappa shape index (κ1) is 12.0. The zero-order valence-electron chi connectivity index (χ0n) is 9.24. The number of nitrogens with zero attached hydrogens (tertiary/aromatic N) is 2. The molecule has 1 aromatic carbocycles. The molecule has 2 rings (SSSR count). The van der Waals surface area contributed by atoms with Gasteiger partial charge in [0.15, 0.2) is 0 Å². The predicted molar refractivity (Wildman–Crippen MR) is 70.9 cm³/mol. The summed E-state index contributed by atoms with van der Waals surface area (Å²) in [5.74, 6) is 0. The first-order valence-electron chi connectivity index (χ1n) is 5.09. The number of thiophene rings is 1. The summed E-state index contributed by atoms with van der Waals surface area (Å²) in [6, 6.07) is 10.0. The van der Waals surface area contributed by atoms with Gasteiger partial charge < -0.3 is 0 Å². The van der Waals surface area contributed by atoms with Gasteiger partial charge in [0.2, 0.25) is 0 Å². The molecule has 0 amide bonds. The molecule has 4 nitrogen and oxygen atoms in total. The van der Waals surface area contributed by atoms with Crippen molar-refractivity contribution in [1.29, 1.82) is 5.26 Å². The molecule has 0 unspecified atom stereocenters. The lowest BCUT2D eigenvalue weighted by Crippen LogP contribution is -1.89. The quantitative estimate of drug-likeness (QED) is 0.477. The molecule has 0 saturated heterocycles. The van der Waals surface area contributed by atoms with Gasteiger partial charge in [-0.15, -0.1) is 0 Å². The molecule has 0 aliphatic carbocycles. The van der Waals surface area contributed by atoms with Gasteiger partial charge in [0.05, 0.1) is 16.6 Å². The summed E-state index contributed by atoms with van der Waals surface area (Å²) in [6.45, 7) is 0. The summed E-state index contributed by atoms with van der Waals surface area (Å²) < 4.78 is 0. The summed E-state index contributed by atoms with van der Waals surface area (Å²) in [7, 11) is 0. The van der Waals surface area contributed by atoms with E-state index in [9.17, 15) is 10.1 Å². The molecule has 0 N–H and O–H groups in total. The van der Waals surface area contributed by atoms with Crippen molar-refractivity contribution in [3.05, 3.63) is 62.3 Å². The summed E-state index contributed by atoms with van der Waals surface area (Å²) in [4.78, 5) is 10.2. The van der Waals surface area contributed by atoms with Gasteiger partial charge in [-0.05, 0) is 34.0 Å². The van der Waals surface area contributed by atoms with Gasteiger partial charge in [-0.2, -0.15) is 16.6 Å². The number of non-ortho nitro benzene ring substituents is 1. The molecular weight excluding hydrogens is 248 g/mol. The zero-order chi connectivity index (χ0) is 13.0. The van der Waals surface area contributed by atoms with Gasteiger partial charge in [-0.3, -0.25) is 10.1 Å². The molecule has 0 bridgehead atoms. The largest absolute Gasteiger partial charge is 0.270 e. The van der Waals surface area contributed by atoms with Crippen LogP contribution in [0.3, 0.4) is 0 Å². The number of nitro groups is 1. The van der Waals surface area contributed by atoms with Crippen molar-refractivity contribution in [1.82, 2.24) is 0 Å². The molecule has 2 aromatic rings. The van der Waals surface area contributed by atoms with Gasteiger partial charge in [0, 0.05) is 12.1 Å². The monoisotopic (exact) mass is 256 g/mol. The van der Waals surface area contributed by atoms with Crippen molar-refractivity contribution in [2.75, 3.05) is 0 Å². The maximum Gasteiger partial charge on any atom is 0.270 e. The van der Waals surface area contributed by atoms with Crippen LogP contribution in [0.25, 0.3) is 11.6 Å². The Hall–Kier alpha value is -2.45. The van der Waals surface area contributed by atoms with E-state index in [0.717, 1.165) is 5.56 Å². The highest BCUT2D eigenvalue weighted by Gasteiger charge is 2.08. The molecule has 0 aliphatic rings. The average molecular weight is 256 g/mol. The van der Waals surface area contributed by atoms with E-state index in [1.165, 1.54) is 23.5 Å². The zero-order valence-corrected chi connectivity index (χ0v) is 10.1. The number of nitro benzene ring substituents is 1. The molecule has 1 aromatic heterocycles. The van der Waals surface area contributed by atoms with Crippen molar-refractivity contribution in [3.8, 4) is 6.07 Å². The highest BCUT2D eigenvalue weighted by molar-refractivity contribution is 7.08. The Morgan fingerprint density at radius 1 is 1.44 bits per heavy atom. The highest BCUT2D eigenvalue weighted by atomic mass is 32.1. The molecular formula is C13H8N2O2S. The van der Waals surface area contributed by atoms with Crippen LogP contribution in [0, 0.1) is 21.4 Å². The molecule has 88 valence electrons. The minimum absolute atomic E-state index is 0.0148. The van der Waals surface area contributed by atoms with Crippen LogP contribution in [-0.2, 0) is 0 Å². The fraction of sp³-hybridized carbons (Fsp3) is 0. The predicted octanol–water partition coefficient (Wildman–Crippen LogP) is 3.72. The Kier molecular flexibility index (Phi) is 3.51. The van der Waals surface area contributed by atoms with Crippen molar-refractivity contribution in [2.24, 2.45) is 0 Å². The molecule has 18 heavy (non-hydrogen) atoms. The summed E-state index contributed by atoms with van der Waals surface area (Å²) in [5, 5.41) is 23.6. The summed E-state index contributed by atoms with van der Waals surface area (Å²) in [6.07, 6.45) is 1.72. The van der Waals surface area contributed by atoms with Gasteiger partial charge in [-0.1, -0.05) is 12.1 Å². The molecule has 0 atom stereocenters. The minimum Gasteiger partial charge on any atom is -0.258 e. The van der Waals surface area contributed by atoms with Crippen LogP contribution in [0.1, 0.15) is 11.1 Å². The summed E-state index contributed by atoms with van der Waals surface area (Å²) >= 11 is 1.53. The fourth-order valence-corrected chi connectivity index (χ4v) is 2.11. The van der Waals surface area contributed by atoms with Crippen LogP contribution in [0.2, 0.25) is 0 Å². The molecule has 0 aliphatic heterocycles. The van der Waals surface area contributed by atoms with E-state index in [0.29, 0.717) is 11.1 Å². The topological polar surface area (TPSA) is 66.9 Å². The van der Waals surface area contributed by atoms with E-state index in [1.807, 2.05) is 16.8 Å². The normalized spacial score (nSPS) is 10.9. The summed E-state index contributed by atoms with van der Waals surface area (Å²) in [5.41, 5.74) is 1.87. The fourth-order valence-electron chi connectivity index (χ4n) is 1.49. The highest BCUT2D eigenvalue weighted by Crippen LogP contribution is 2.22. The van der Waals surface area contributed by atoms with Crippen LogP contribution in [0.4, 0.5) is 5.69 Å². The van der Waals surface area contributed by atoms with E-state index >= 15 is 0 Å². The molecule has 0 saturated carbocycles. The van der Waals surface area contributed by atoms with E-state index < -0.39 is 4.92 Å². The number of allylic oxidation sites excluding steroid dienone is 1. The van der Waals surface area contributed by atoms with E-state index in [1.54, 1.807) is 18.2 Å². The van der Waals surface area contributed by atoms with E-state index in [4.69, 9.17) is 5.26 Å². The molecule has 0 fully saturated rings. The number of hydrogen-bond donors (Lipinski definition) is 0. The Bertz CT molecular complexity index is 639. The van der Waals surface area contributed by atoms with Crippen molar-refractivity contribution in [2.45, 2.75) is 0 Å². The van der Waals surface area contributed by atoms with Crippen molar-refractivity contribution in [3.63, 3.8) is 0 Å². The maximum absolute atomic E-state index is 10.7. The Morgan fingerprint density at radius 2 is 2.28 bits per heavy atom. The minimum atomic E-state index is -0.469. The Labute approximate surface area is 108 Å². The Balaban J connectivity index is 2.43. The first-order valence-corrected chi connectivity index (χ1v) is 6.04. The second kappa shape index (κ2) is 5.25. The molecule has 0 radical (unpaired) electrons. The molecule has 0 spiro atoms. The van der Waals surface area contributed by atoms with Gasteiger partial charge in [0.25, 0.3) is 5.69 Å². The van der Waals surface area contributed by atoms with Gasteiger partial charge in [0.1, 0.15) is 0 Å². The number of nitriles is 1. The number of rotatable bonds is 3. The lowest BCUT2D eigenvalue weighted by atomic mass is 10.0. The third kappa shape index (κ3) is 2.62. The van der Waals surface area contributed by atoms with Crippen LogP contribution in [-0.4, -0.2) is 4.92 Å². The third-order valence-electron chi connectivity index (χ3n) is 2.34. The van der Waals surface area contributed by atoms with E-state index in [2.05, 4.69) is 6.07 Å². The maximum atomic E-state index is 10.7. The van der Waals surface area contributed by atoms with Gasteiger partial charge in [-0.25, -0.2) is 0 Å². The lowest BCUT2D eigenvalue weighted by Gasteiger charge is -1.98. The van der Waals surface area contributed by atoms with Crippen LogP contribution in [0.15, 0.2) is 41.1 Å². The molecule has 1 heterocycles. The van der Waals surface area contributed by atoms with E-state index in [-0.39, 0.29) is 5.69 Å². The second-order valence-electron chi connectivity index (χ2n) is 3.53. The van der Waals surface area contributed by atoms with Crippen LogP contribution >= 0.6 is 11.3 Å². The van der Waals surface area contributed by atoms with Crippen LogP contribution < -0.4 is 0 Å². The average Bonchev–Trinajstić information content (AvgIpc) is 2.89. The third-order valence-corrected chi connectivity index (χ3v) is 3.04. The van der Waals surface area contributed by atoms with Gasteiger partial charge >= 0.3 is 0 Å². The Morgan fingerprint density at radius 3 is 2.89 bits per heavy atom. The standard InChI is InChI=1S/C13H8N2O2S/c14-8-12(6-10-4-5-18-9-10)11-2-1-3-13(7-11)15(16)17/h1-7,9H. The van der Waals surface area contributed by atoms with Crippen LogP contribution in [0.5, 0.6) is 0 Å². The lowest BCUT2D eigenvalue weighted by molar-refractivity contribution is -0.384. The van der Waals surface area contributed by atoms with Crippen molar-refractivity contribution < 1.29 is 4.92 Å². The first-order chi connectivity index (χ1) is 8.70. The number of hydrogen-bond acceptors (Lipinski definition) is 4.